The second-order valence-electron chi connectivity index (χ2n) is 10.5. The number of ether oxygens (including phenoxy) is 1. The van der Waals surface area contributed by atoms with Gasteiger partial charge in [0.2, 0.25) is 11.8 Å². The first kappa shape index (κ1) is 23.7. The lowest BCUT2D eigenvalue weighted by Crippen LogP contribution is -2.54. The van der Waals surface area contributed by atoms with Crippen LogP contribution in [0.5, 0.6) is 0 Å². The van der Waals surface area contributed by atoms with Crippen molar-refractivity contribution in [2.45, 2.75) is 31.0 Å². The van der Waals surface area contributed by atoms with Gasteiger partial charge in [-0.25, -0.2) is 4.90 Å². The molecule has 0 spiro atoms. The largest absolute Gasteiger partial charge is 0.459 e. The van der Waals surface area contributed by atoms with Crippen LogP contribution in [0.1, 0.15) is 30.1 Å². The number of fused-ring (bicyclic) bond motifs is 4. The minimum absolute atomic E-state index is 0.107. The third-order valence-corrected chi connectivity index (χ3v) is 8.51. The van der Waals surface area contributed by atoms with Crippen molar-refractivity contribution in [3.63, 3.8) is 0 Å². The van der Waals surface area contributed by atoms with Gasteiger partial charge in [-0.15, -0.1) is 0 Å². The smallest absolute Gasteiger partial charge is 0.327 e. The summed E-state index contributed by atoms with van der Waals surface area (Å²) in [6.07, 6.45) is 1.17. The van der Waals surface area contributed by atoms with Gasteiger partial charge in [0.15, 0.2) is 0 Å². The van der Waals surface area contributed by atoms with Gasteiger partial charge in [0.05, 0.1) is 34.8 Å². The normalized spacial score (nSPS) is 26.2. The number of esters is 1. The van der Waals surface area contributed by atoms with E-state index < -0.39 is 29.4 Å². The fourth-order valence-electron chi connectivity index (χ4n) is 6.90. The molecular formula is C32H27N3O4. The van der Waals surface area contributed by atoms with E-state index in [1.54, 1.807) is 24.3 Å². The van der Waals surface area contributed by atoms with Crippen molar-refractivity contribution < 1.29 is 19.1 Å². The SMILES string of the molecule is O=C1[C@@H]2[C@@H](c3ccc4ccccc4n3)N3CCC[C@@]3(C(=O)OCc3ccccc3)[C@H]2C(=O)N1c1ccccc1. The average Bonchev–Trinajstić information content (AvgIpc) is 3.61. The maximum absolute atomic E-state index is 14.2. The minimum atomic E-state index is -1.23. The predicted molar refractivity (Wildman–Crippen MR) is 145 cm³/mol. The molecule has 0 bridgehead atoms. The molecule has 3 aromatic carbocycles. The number of hydrogen-bond acceptors (Lipinski definition) is 6. The Morgan fingerprint density at radius 3 is 2.38 bits per heavy atom. The summed E-state index contributed by atoms with van der Waals surface area (Å²) in [4.78, 5) is 50.6. The fraction of sp³-hybridized carbons (Fsp3) is 0.250. The second-order valence-corrected chi connectivity index (χ2v) is 10.5. The monoisotopic (exact) mass is 517 g/mol. The van der Waals surface area contributed by atoms with Crippen LogP contribution in [-0.2, 0) is 25.7 Å². The van der Waals surface area contributed by atoms with Crippen molar-refractivity contribution in [2.24, 2.45) is 11.8 Å². The summed E-state index contributed by atoms with van der Waals surface area (Å²) in [5.41, 5.74) is 1.66. The van der Waals surface area contributed by atoms with Crippen LogP contribution >= 0.6 is 0 Å². The van der Waals surface area contributed by atoms with Crippen LogP contribution in [0.4, 0.5) is 5.69 Å². The molecule has 0 N–H and O–H groups in total. The lowest BCUT2D eigenvalue weighted by molar-refractivity contribution is -0.161. The van der Waals surface area contributed by atoms with Crippen LogP contribution in [-0.4, -0.2) is 39.8 Å². The van der Waals surface area contributed by atoms with Gasteiger partial charge in [0.25, 0.3) is 0 Å². The Kier molecular flexibility index (Phi) is 5.56. The van der Waals surface area contributed by atoms with Crippen molar-refractivity contribution in [3.8, 4) is 0 Å². The number of carbonyl (C=O) groups is 3. The summed E-state index contributed by atoms with van der Waals surface area (Å²) in [6.45, 7) is 0.689. The van der Waals surface area contributed by atoms with E-state index in [2.05, 4.69) is 0 Å². The molecule has 4 aromatic rings. The predicted octanol–water partition coefficient (Wildman–Crippen LogP) is 4.67. The molecule has 3 aliphatic rings. The van der Waals surface area contributed by atoms with E-state index >= 15 is 0 Å². The molecule has 194 valence electrons. The quantitative estimate of drug-likeness (QED) is 0.283. The van der Waals surface area contributed by atoms with Crippen molar-refractivity contribution >= 4 is 34.4 Å². The molecule has 4 atom stereocenters. The molecule has 39 heavy (non-hydrogen) atoms. The van der Waals surface area contributed by atoms with Crippen LogP contribution in [0.3, 0.4) is 0 Å². The van der Waals surface area contributed by atoms with Gasteiger partial charge < -0.3 is 4.74 Å². The number of pyridine rings is 1. The lowest BCUT2D eigenvalue weighted by Gasteiger charge is -2.36. The highest BCUT2D eigenvalue weighted by molar-refractivity contribution is 6.24. The maximum Gasteiger partial charge on any atom is 0.327 e. The number of rotatable bonds is 5. The third-order valence-electron chi connectivity index (χ3n) is 8.51. The molecule has 1 aromatic heterocycles. The number of benzene rings is 3. The topological polar surface area (TPSA) is 79.8 Å². The number of amides is 2. The molecule has 3 saturated heterocycles. The van der Waals surface area contributed by atoms with E-state index in [-0.39, 0.29) is 18.4 Å². The van der Waals surface area contributed by atoms with E-state index in [9.17, 15) is 14.4 Å². The number of imide groups is 1. The zero-order valence-corrected chi connectivity index (χ0v) is 21.3. The molecule has 3 aliphatic heterocycles. The van der Waals surface area contributed by atoms with E-state index in [4.69, 9.17) is 9.72 Å². The standard InChI is InChI=1S/C32H27N3O4/c36-29-26-27(30(37)35(29)23-13-5-2-6-14-23)32(31(38)39-20-21-10-3-1-4-11-21)18-9-19-34(32)28(26)25-17-16-22-12-7-8-15-24(22)33-25/h1-8,10-17,26-28H,9,18-20H2/t26-,27+,28+,32-/m0/s1. The Labute approximate surface area is 226 Å². The van der Waals surface area contributed by atoms with E-state index in [0.717, 1.165) is 22.9 Å². The van der Waals surface area contributed by atoms with Crippen LogP contribution in [0, 0.1) is 11.8 Å². The van der Waals surface area contributed by atoms with Crippen molar-refractivity contribution in [1.82, 2.24) is 9.88 Å². The number of hydrogen-bond donors (Lipinski definition) is 0. The Morgan fingerprint density at radius 2 is 1.59 bits per heavy atom. The third kappa shape index (κ3) is 3.53. The Morgan fingerprint density at radius 1 is 0.872 bits per heavy atom. The van der Waals surface area contributed by atoms with Crippen LogP contribution in [0.2, 0.25) is 0 Å². The summed E-state index contributed by atoms with van der Waals surface area (Å²) >= 11 is 0. The second kappa shape index (κ2) is 9.13. The molecule has 0 saturated carbocycles. The van der Waals surface area contributed by atoms with Crippen LogP contribution in [0.15, 0.2) is 97.1 Å². The van der Waals surface area contributed by atoms with Gasteiger partial charge >= 0.3 is 5.97 Å². The Balaban J connectivity index is 1.34. The average molecular weight is 518 g/mol. The molecule has 0 aliphatic carbocycles. The summed E-state index contributed by atoms with van der Waals surface area (Å²) in [6, 6.07) is 29.7. The van der Waals surface area contributed by atoms with Gasteiger partial charge in [0, 0.05) is 11.9 Å². The fourth-order valence-corrected chi connectivity index (χ4v) is 6.90. The number of nitrogens with zero attached hydrogens (tertiary/aromatic N) is 3. The summed E-state index contributed by atoms with van der Waals surface area (Å²) in [5.74, 6) is -2.67. The highest BCUT2D eigenvalue weighted by atomic mass is 16.5. The molecule has 2 amide bonds. The van der Waals surface area contributed by atoms with Crippen molar-refractivity contribution in [2.75, 3.05) is 11.4 Å². The Bertz CT molecular complexity index is 1590. The molecule has 0 unspecified atom stereocenters. The minimum Gasteiger partial charge on any atom is -0.459 e. The van der Waals surface area contributed by atoms with E-state index in [1.807, 2.05) is 77.7 Å². The van der Waals surface area contributed by atoms with Gasteiger partial charge in [-0.05, 0) is 42.7 Å². The van der Waals surface area contributed by atoms with Crippen molar-refractivity contribution in [1.29, 1.82) is 0 Å². The zero-order valence-electron chi connectivity index (χ0n) is 21.3. The first-order valence-corrected chi connectivity index (χ1v) is 13.4. The zero-order chi connectivity index (χ0) is 26.6. The number of para-hydroxylation sites is 2. The van der Waals surface area contributed by atoms with Gasteiger partial charge in [-0.2, -0.15) is 0 Å². The number of carbonyl (C=O) groups excluding carboxylic acids is 3. The van der Waals surface area contributed by atoms with Gasteiger partial charge in [-0.1, -0.05) is 72.8 Å². The first-order chi connectivity index (χ1) is 19.1. The number of anilines is 1. The van der Waals surface area contributed by atoms with Gasteiger partial charge in [0.1, 0.15) is 12.1 Å². The summed E-state index contributed by atoms with van der Waals surface area (Å²) in [7, 11) is 0. The molecule has 7 rings (SSSR count). The first-order valence-electron chi connectivity index (χ1n) is 13.4. The van der Waals surface area contributed by atoms with Crippen LogP contribution < -0.4 is 4.90 Å². The van der Waals surface area contributed by atoms with E-state index in [0.29, 0.717) is 24.3 Å². The number of aromatic nitrogens is 1. The maximum atomic E-state index is 14.2. The highest BCUT2D eigenvalue weighted by Crippen LogP contribution is 2.59. The molecule has 4 heterocycles. The molecule has 7 nitrogen and oxygen atoms in total. The highest BCUT2D eigenvalue weighted by Gasteiger charge is 2.74. The molecule has 0 radical (unpaired) electrons. The summed E-state index contributed by atoms with van der Waals surface area (Å²) < 4.78 is 5.92. The molecule has 3 fully saturated rings. The van der Waals surface area contributed by atoms with Gasteiger partial charge in [-0.3, -0.25) is 24.3 Å². The van der Waals surface area contributed by atoms with E-state index in [1.165, 1.54) is 4.90 Å². The molecule has 7 heteroatoms. The lowest BCUT2D eigenvalue weighted by atomic mass is 9.78. The summed E-state index contributed by atoms with van der Waals surface area (Å²) in [5, 5.41) is 0.991. The van der Waals surface area contributed by atoms with Crippen LogP contribution in [0.25, 0.3) is 10.9 Å². The molecular weight excluding hydrogens is 490 g/mol. The van der Waals surface area contributed by atoms with Crippen molar-refractivity contribution in [3.05, 3.63) is 108 Å². The Hall–Kier alpha value is -4.36.